The number of amides is 1. The second-order valence-corrected chi connectivity index (χ2v) is 6.18. The number of carbonyl (C=O) groups is 1. The van der Waals surface area contributed by atoms with Gasteiger partial charge in [0, 0.05) is 11.3 Å². The highest BCUT2D eigenvalue weighted by Crippen LogP contribution is 2.29. The van der Waals surface area contributed by atoms with Crippen LogP contribution >= 0.6 is 0 Å². The minimum Gasteiger partial charge on any atom is -0.497 e. The second-order valence-electron chi connectivity index (χ2n) is 6.18. The summed E-state index contributed by atoms with van der Waals surface area (Å²) in [6.07, 6.45) is 0.861. The number of nitrogens with one attached hydrogen (secondary N) is 2. The van der Waals surface area contributed by atoms with Gasteiger partial charge in [-0.25, -0.2) is 0 Å². The van der Waals surface area contributed by atoms with Crippen LogP contribution in [-0.2, 0) is 6.42 Å². The molecule has 1 amide bonds. The van der Waals surface area contributed by atoms with E-state index in [0.29, 0.717) is 23.1 Å². The fraction of sp³-hybridized carbons (Fsp3) is 0.444. The minimum atomic E-state index is -0.243. The molecule has 2 N–H and O–H groups in total. The van der Waals surface area contributed by atoms with Crippen molar-refractivity contribution in [1.82, 2.24) is 15.5 Å². The Kier molecular flexibility index (Phi) is 5.84. The molecular weight excluding hydrogens is 306 g/mol. The molecule has 1 heterocycles. The highest BCUT2D eigenvalue weighted by atomic mass is 16.5. The lowest BCUT2D eigenvalue weighted by atomic mass is 10.1. The molecule has 6 heteroatoms. The number of aromatic nitrogens is 2. The van der Waals surface area contributed by atoms with E-state index in [1.807, 2.05) is 25.1 Å². The molecule has 0 aliphatic carbocycles. The summed E-state index contributed by atoms with van der Waals surface area (Å²) in [4.78, 5) is 12.4. The Hall–Kier alpha value is -2.50. The van der Waals surface area contributed by atoms with E-state index in [0.717, 1.165) is 17.7 Å². The Balaban J connectivity index is 2.12. The van der Waals surface area contributed by atoms with Crippen molar-refractivity contribution < 1.29 is 14.3 Å². The molecule has 0 saturated carbocycles. The third kappa shape index (κ3) is 4.28. The smallest absolute Gasteiger partial charge is 0.272 e. The standard InChI is InChI=1S/C18H25N3O3/c1-11(2)8-13-9-16(21-20-13)18(22)19-12(3)15-10-14(23-4)6-7-17(15)24-5/h6-7,9-12H,8H2,1-5H3,(H,19,22)(H,20,21). The van der Waals surface area contributed by atoms with Gasteiger partial charge in [0.15, 0.2) is 0 Å². The van der Waals surface area contributed by atoms with Crippen LogP contribution in [0.1, 0.15) is 48.6 Å². The normalized spacial score (nSPS) is 12.1. The number of ether oxygens (including phenoxy) is 2. The summed E-state index contributed by atoms with van der Waals surface area (Å²) in [7, 11) is 3.21. The summed E-state index contributed by atoms with van der Waals surface area (Å²) in [6, 6.07) is 7.06. The molecule has 0 spiro atoms. The predicted molar refractivity (Wildman–Crippen MR) is 92.6 cm³/mol. The minimum absolute atomic E-state index is 0.223. The van der Waals surface area contributed by atoms with Gasteiger partial charge in [-0.15, -0.1) is 0 Å². The van der Waals surface area contributed by atoms with Gasteiger partial charge in [0.2, 0.25) is 0 Å². The number of H-pyrrole nitrogens is 1. The van der Waals surface area contributed by atoms with Gasteiger partial charge >= 0.3 is 0 Å². The molecule has 6 nitrogen and oxygen atoms in total. The van der Waals surface area contributed by atoms with Gasteiger partial charge in [0.05, 0.1) is 20.3 Å². The van der Waals surface area contributed by atoms with Gasteiger partial charge < -0.3 is 14.8 Å². The zero-order chi connectivity index (χ0) is 17.7. The number of hydrogen-bond acceptors (Lipinski definition) is 4. The van der Waals surface area contributed by atoms with E-state index in [4.69, 9.17) is 9.47 Å². The monoisotopic (exact) mass is 331 g/mol. The van der Waals surface area contributed by atoms with Crippen molar-refractivity contribution in [3.63, 3.8) is 0 Å². The summed E-state index contributed by atoms with van der Waals surface area (Å²) in [6.45, 7) is 6.15. The maximum atomic E-state index is 12.4. The first-order chi connectivity index (χ1) is 11.4. The van der Waals surface area contributed by atoms with Crippen LogP contribution in [-0.4, -0.2) is 30.3 Å². The molecule has 0 aliphatic rings. The van der Waals surface area contributed by atoms with Crippen LogP contribution in [0.5, 0.6) is 11.5 Å². The van der Waals surface area contributed by atoms with E-state index in [2.05, 4.69) is 29.4 Å². The van der Waals surface area contributed by atoms with Crippen molar-refractivity contribution in [1.29, 1.82) is 0 Å². The van der Waals surface area contributed by atoms with Crippen LogP contribution in [0.15, 0.2) is 24.3 Å². The van der Waals surface area contributed by atoms with Crippen molar-refractivity contribution in [3.05, 3.63) is 41.2 Å². The fourth-order valence-electron chi connectivity index (χ4n) is 2.55. The third-order valence-electron chi connectivity index (χ3n) is 3.74. The van der Waals surface area contributed by atoms with Crippen LogP contribution < -0.4 is 14.8 Å². The third-order valence-corrected chi connectivity index (χ3v) is 3.74. The highest BCUT2D eigenvalue weighted by molar-refractivity contribution is 5.92. The molecular formula is C18H25N3O3. The maximum Gasteiger partial charge on any atom is 0.272 e. The topological polar surface area (TPSA) is 76.2 Å². The molecule has 0 aliphatic heterocycles. The van der Waals surface area contributed by atoms with E-state index in [9.17, 15) is 4.79 Å². The van der Waals surface area contributed by atoms with Crippen LogP contribution in [0.2, 0.25) is 0 Å². The molecule has 24 heavy (non-hydrogen) atoms. The number of rotatable bonds is 7. The number of carbonyl (C=O) groups excluding carboxylic acids is 1. The Morgan fingerprint density at radius 1 is 1.21 bits per heavy atom. The van der Waals surface area contributed by atoms with Crippen LogP contribution in [0.4, 0.5) is 0 Å². The first kappa shape index (κ1) is 17.8. The van der Waals surface area contributed by atoms with Crippen molar-refractivity contribution >= 4 is 5.91 Å². The lowest BCUT2D eigenvalue weighted by Crippen LogP contribution is -2.27. The van der Waals surface area contributed by atoms with E-state index in [1.54, 1.807) is 20.3 Å². The number of methoxy groups -OCH3 is 2. The summed E-state index contributed by atoms with van der Waals surface area (Å²) in [5.74, 6) is 1.69. The van der Waals surface area contributed by atoms with Gasteiger partial charge in [0.1, 0.15) is 17.2 Å². The number of hydrogen-bond donors (Lipinski definition) is 2. The maximum absolute atomic E-state index is 12.4. The average Bonchev–Trinajstić information content (AvgIpc) is 3.01. The predicted octanol–water partition coefficient (Wildman–Crippen LogP) is 3.12. The highest BCUT2D eigenvalue weighted by Gasteiger charge is 2.18. The summed E-state index contributed by atoms with van der Waals surface area (Å²) in [5, 5.41) is 9.96. The molecule has 0 saturated heterocycles. The van der Waals surface area contributed by atoms with Crippen molar-refractivity contribution in [2.45, 2.75) is 33.2 Å². The molecule has 2 rings (SSSR count). The summed E-state index contributed by atoms with van der Waals surface area (Å²) >= 11 is 0. The van der Waals surface area contributed by atoms with Crippen LogP contribution in [0, 0.1) is 5.92 Å². The van der Waals surface area contributed by atoms with Crippen molar-refractivity contribution in [3.8, 4) is 11.5 Å². The summed E-state index contributed by atoms with van der Waals surface area (Å²) in [5.41, 5.74) is 2.20. The van der Waals surface area contributed by atoms with E-state index in [-0.39, 0.29) is 11.9 Å². The number of aromatic amines is 1. The SMILES string of the molecule is COc1ccc(OC)c(C(C)NC(=O)c2cc(CC(C)C)[nH]n2)c1. The summed E-state index contributed by atoms with van der Waals surface area (Å²) < 4.78 is 10.6. The van der Waals surface area contributed by atoms with Gasteiger partial charge in [-0.1, -0.05) is 13.8 Å². The lowest BCUT2D eigenvalue weighted by molar-refractivity contribution is 0.0934. The van der Waals surface area contributed by atoms with E-state index >= 15 is 0 Å². The van der Waals surface area contributed by atoms with Gasteiger partial charge in [0.25, 0.3) is 5.91 Å². The Morgan fingerprint density at radius 3 is 2.58 bits per heavy atom. The molecule has 0 bridgehead atoms. The molecule has 2 aromatic rings. The largest absolute Gasteiger partial charge is 0.497 e. The van der Waals surface area contributed by atoms with Crippen LogP contribution in [0.3, 0.4) is 0 Å². The Labute approximate surface area is 142 Å². The first-order valence-corrected chi connectivity index (χ1v) is 8.01. The van der Waals surface area contributed by atoms with Crippen molar-refractivity contribution in [2.75, 3.05) is 14.2 Å². The zero-order valence-electron chi connectivity index (χ0n) is 14.8. The van der Waals surface area contributed by atoms with E-state index in [1.165, 1.54) is 0 Å². The molecule has 0 fully saturated rings. The van der Waals surface area contributed by atoms with Gasteiger partial charge in [-0.05, 0) is 43.5 Å². The zero-order valence-corrected chi connectivity index (χ0v) is 14.8. The number of benzene rings is 1. The quantitative estimate of drug-likeness (QED) is 0.817. The lowest BCUT2D eigenvalue weighted by Gasteiger charge is -2.17. The molecule has 1 atom stereocenters. The Bertz CT molecular complexity index is 695. The first-order valence-electron chi connectivity index (χ1n) is 8.01. The van der Waals surface area contributed by atoms with Crippen LogP contribution in [0.25, 0.3) is 0 Å². The van der Waals surface area contributed by atoms with Gasteiger partial charge in [-0.2, -0.15) is 5.10 Å². The average molecular weight is 331 g/mol. The molecule has 1 unspecified atom stereocenters. The molecule has 130 valence electrons. The van der Waals surface area contributed by atoms with Crippen molar-refractivity contribution in [2.24, 2.45) is 5.92 Å². The molecule has 1 aromatic heterocycles. The van der Waals surface area contributed by atoms with Gasteiger partial charge in [-0.3, -0.25) is 9.89 Å². The molecule has 0 radical (unpaired) electrons. The van der Waals surface area contributed by atoms with E-state index < -0.39 is 0 Å². The number of nitrogens with zero attached hydrogens (tertiary/aromatic N) is 1. The molecule has 1 aromatic carbocycles. The second kappa shape index (κ2) is 7.86. The Morgan fingerprint density at radius 2 is 1.96 bits per heavy atom. The fourth-order valence-corrected chi connectivity index (χ4v) is 2.55.